The molecule has 0 radical (unpaired) electrons. The summed E-state index contributed by atoms with van der Waals surface area (Å²) in [4.78, 5) is 8.35. The fourth-order valence-electron chi connectivity index (χ4n) is 1.58. The minimum absolute atomic E-state index is 1.02. The molecule has 0 atom stereocenters. The Labute approximate surface area is 120 Å². The van der Waals surface area contributed by atoms with E-state index in [-0.39, 0.29) is 0 Å². The molecular formula is C14H13BrN2S. The van der Waals surface area contributed by atoms with Crippen molar-refractivity contribution in [3.8, 4) is 0 Å². The first-order chi connectivity index (χ1) is 8.68. The number of aromatic amines is 1. The van der Waals surface area contributed by atoms with Crippen LogP contribution >= 0.6 is 28.6 Å². The van der Waals surface area contributed by atoms with Crippen LogP contribution in [0.2, 0.25) is 0 Å². The molecule has 1 N–H and O–H groups in total. The monoisotopic (exact) mass is 320 g/mol. The molecule has 3 rings (SSSR count). The van der Waals surface area contributed by atoms with Gasteiger partial charge < -0.3 is 4.98 Å². The maximum Gasteiger partial charge on any atom is 0.0681 e. The zero-order valence-corrected chi connectivity index (χ0v) is 12.4. The first-order valence-electron chi connectivity index (χ1n) is 5.50. The first-order valence-corrected chi connectivity index (χ1v) is 6.74. The molecule has 2 aromatic heterocycles. The summed E-state index contributed by atoms with van der Waals surface area (Å²) in [6, 6.07) is 11.8. The van der Waals surface area contributed by atoms with E-state index in [1.165, 1.54) is 5.39 Å². The van der Waals surface area contributed by atoms with Crippen LogP contribution in [0.25, 0.3) is 10.9 Å². The number of pyridine rings is 1. The normalized spacial score (nSPS) is 9.94. The molecule has 0 fully saturated rings. The molecule has 2 heterocycles. The summed E-state index contributed by atoms with van der Waals surface area (Å²) in [6.07, 6.45) is 3.75. The Hall–Kier alpha value is -1.26. The molecule has 0 bridgehead atoms. The number of aryl methyl sites for hydroxylation is 1. The van der Waals surface area contributed by atoms with Crippen molar-refractivity contribution >= 4 is 39.5 Å². The molecule has 18 heavy (non-hydrogen) atoms. The van der Waals surface area contributed by atoms with E-state index in [0.29, 0.717) is 0 Å². The predicted octanol–water partition coefficient (Wildman–Crippen LogP) is 4.61. The number of benzene rings is 1. The van der Waals surface area contributed by atoms with Crippen molar-refractivity contribution in [1.29, 1.82) is 0 Å². The van der Waals surface area contributed by atoms with Gasteiger partial charge in [-0.25, -0.2) is 0 Å². The van der Waals surface area contributed by atoms with E-state index in [9.17, 15) is 0 Å². The lowest BCUT2D eigenvalue weighted by molar-refractivity contribution is 1.21. The Kier molecular flexibility index (Phi) is 4.44. The highest BCUT2D eigenvalue weighted by Gasteiger charge is 2.01. The smallest absolute Gasteiger partial charge is 0.0681 e. The lowest BCUT2D eigenvalue weighted by Gasteiger charge is -1.95. The summed E-state index contributed by atoms with van der Waals surface area (Å²) in [6.45, 7) is 1.99. The molecule has 92 valence electrons. The van der Waals surface area contributed by atoms with E-state index in [1.807, 2.05) is 55.7 Å². The largest absolute Gasteiger partial charge is 0.360 e. The van der Waals surface area contributed by atoms with Crippen LogP contribution in [0.3, 0.4) is 0 Å². The van der Waals surface area contributed by atoms with Crippen molar-refractivity contribution in [2.45, 2.75) is 11.8 Å². The number of aromatic nitrogens is 2. The van der Waals surface area contributed by atoms with Gasteiger partial charge in [0, 0.05) is 27.1 Å². The van der Waals surface area contributed by atoms with Crippen LogP contribution in [0.1, 0.15) is 5.69 Å². The SMILES string of the molecule is Cc1ncc(Br)c2cc[nH]c12.Sc1ccccc1. The summed E-state index contributed by atoms with van der Waals surface area (Å²) in [5, 5.41) is 1.19. The van der Waals surface area contributed by atoms with Crippen LogP contribution in [0.5, 0.6) is 0 Å². The fraction of sp³-hybridized carbons (Fsp3) is 0.0714. The van der Waals surface area contributed by atoms with Crippen LogP contribution in [-0.4, -0.2) is 9.97 Å². The number of fused-ring (bicyclic) bond motifs is 1. The molecule has 0 saturated carbocycles. The molecule has 0 aliphatic heterocycles. The Bertz CT molecular complexity index is 599. The van der Waals surface area contributed by atoms with Crippen LogP contribution in [0.15, 0.2) is 58.2 Å². The highest BCUT2D eigenvalue weighted by atomic mass is 79.9. The van der Waals surface area contributed by atoms with E-state index in [2.05, 4.69) is 38.5 Å². The van der Waals surface area contributed by atoms with Crippen molar-refractivity contribution in [3.05, 3.63) is 59.0 Å². The highest BCUT2D eigenvalue weighted by molar-refractivity contribution is 9.10. The average Bonchev–Trinajstić information content (AvgIpc) is 2.86. The zero-order valence-electron chi connectivity index (χ0n) is 9.89. The Morgan fingerprint density at radius 3 is 2.44 bits per heavy atom. The van der Waals surface area contributed by atoms with Crippen molar-refractivity contribution in [1.82, 2.24) is 9.97 Å². The Morgan fingerprint density at radius 1 is 1.17 bits per heavy atom. The molecule has 0 saturated heterocycles. The van der Waals surface area contributed by atoms with Crippen LogP contribution in [-0.2, 0) is 0 Å². The molecular weight excluding hydrogens is 308 g/mol. The topological polar surface area (TPSA) is 28.7 Å². The number of thiol groups is 1. The third kappa shape index (κ3) is 3.15. The molecule has 0 aliphatic rings. The molecule has 4 heteroatoms. The second-order valence-corrected chi connectivity index (χ2v) is 5.16. The van der Waals surface area contributed by atoms with Crippen molar-refractivity contribution in [2.24, 2.45) is 0 Å². The number of H-pyrrole nitrogens is 1. The fourth-order valence-corrected chi connectivity index (χ4v) is 2.19. The third-order valence-electron chi connectivity index (χ3n) is 2.49. The molecule has 0 aliphatic carbocycles. The van der Waals surface area contributed by atoms with Gasteiger partial charge in [-0.2, -0.15) is 0 Å². The van der Waals surface area contributed by atoms with E-state index in [1.54, 1.807) is 0 Å². The van der Waals surface area contributed by atoms with Crippen molar-refractivity contribution in [3.63, 3.8) is 0 Å². The summed E-state index contributed by atoms with van der Waals surface area (Å²) in [7, 11) is 0. The van der Waals surface area contributed by atoms with Gasteiger partial charge in [0.2, 0.25) is 0 Å². The molecule has 1 aromatic carbocycles. The van der Waals surface area contributed by atoms with Gasteiger partial charge in [0.1, 0.15) is 0 Å². The summed E-state index contributed by atoms with van der Waals surface area (Å²) >= 11 is 7.51. The molecule has 0 amide bonds. The maximum absolute atomic E-state index is 4.20. The van der Waals surface area contributed by atoms with Gasteiger partial charge in [-0.05, 0) is 41.1 Å². The summed E-state index contributed by atoms with van der Waals surface area (Å²) < 4.78 is 1.04. The van der Waals surface area contributed by atoms with E-state index >= 15 is 0 Å². The van der Waals surface area contributed by atoms with Crippen molar-refractivity contribution in [2.75, 3.05) is 0 Å². The van der Waals surface area contributed by atoms with Gasteiger partial charge >= 0.3 is 0 Å². The quantitative estimate of drug-likeness (QED) is 0.582. The van der Waals surface area contributed by atoms with Gasteiger partial charge in [-0.3, -0.25) is 4.98 Å². The molecule has 0 unspecified atom stereocenters. The molecule has 2 nitrogen and oxygen atoms in total. The van der Waals surface area contributed by atoms with Gasteiger partial charge in [-0.15, -0.1) is 12.6 Å². The van der Waals surface area contributed by atoms with Crippen molar-refractivity contribution < 1.29 is 0 Å². The summed E-state index contributed by atoms with van der Waals surface area (Å²) in [5.74, 6) is 0. The zero-order chi connectivity index (χ0) is 13.0. The van der Waals surface area contributed by atoms with Crippen LogP contribution in [0, 0.1) is 6.92 Å². The second kappa shape index (κ2) is 6.07. The Balaban J connectivity index is 0.000000149. The van der Waals surface area contributed by atoms with E-state index in [4.69, 9.17) is 0 Å². The standard InChI is InChI=1S/C8H7BrN2.C6H6S/c1-5-8-6(2-3-10-8)7(9)4-11-5;7-6-4-2-1-3-5-6/h2-4,10H,1H3;1-5,7H. The average molecular weight is 321 g/mol. The number of halogens is 1. The highest BCUT2D eigenvalue weighted by Crippen LogP contribution is 2.23. The Morgan fingerprint density at radius 2 is 1.89 bits per heavy atom. The lowest BCUT2D eigenvalue weighted by atomic mass is 10.3. The van der Waals surface area contributed by atoms with E-state index < -0.39 is 0 Å². The number of hydrogen-bond donors (Lipinski definition) is 2. The van der Waals surface area contributed by atoms with Gasteiger partial charge in [-0.1, -0.05) is 18.2 Å². The first kappa shape index (κ1) is 13.2. The van der Waals surface area contributed by atoms with Gasteiger partial charge in [0.15, 0.2) is 0 Å². The number of nitrogens with zero attached hydrogens (tertiary/aromatic N) is 1. The van der Waals surface area contributed by atoms with Gasteiger partial charge in [0.05, 0.1) is 11.2 Å². The number of nitrogens with one attached hydrogen (secondary N) is 1. The van der Waals surface area contributed by atoms with Crippen LogP contribution in [0.4, 0.5) is 0 Å². The number of rotatable bonds is 0. The van der Waals surface area contributed by atoms with Crippen LogP contribution < -0.4 is 0 Å². The number of hydrogen-bond acceptors (Lipinski definition) is 2. The molecule has 0 spiro atoms. The van der Waals surface area contributed by atoms with E-state index in [0.717, 1.165) is 20.6 Å². The predicted molar refractivity (Wildman–Crippen MR) is 82.2 cm³/mol. The lowest BCUT2D eigenvalue weighted by Crippen LogP contribution is -1.82. The van der Waals surface area contributed by atoms with Gasteiger partial charge in [0.25, 0.3) is 0 Å². The minimum atomic E-state index is 1.02. The summed E-state index contributed by atoms with van der Waals surface area (Å²) in [5.41, 5.74) is 2.15. The second-order valence-electron chi connectivity index (χ2n) is 3.79. The minimum Gasteiger partial charge on any atom is -0.360 e. The maximum atomic E-state index is 4.20. The third-order valence-corrected chi connectivity index (χ3v) is 3.42. The molecule has 3 aromatic rings.